The van der Waals surface area contributed by atoms with Crippen molar-refractivity contribution in [1.82, 2.24) is 20.1 Å². The summed E-state index contributed by atoms with van der Waals surface area (Å²) in [5.41, 5.74) is 4.14. The number of hydrogen-bond donors (Lipinski definition) is 2. The summed E-state index contributed by atoms with van der Waals surface area (Å²) < 4.78 is 0. The molecule has 2 amide bonds. The van der Waals surface area contributed by atoms with Crippen LogP contribution in [0.2, 0.25) is 0 Å². The average Bonchev–Trinajstić information content (AvgIpc) is 3.45. The average molecular weight is 368 g/mol. The van der Waals surface area contributed by atoms with E-state index in [-0.39, 0.29) is 17.9 Å². The van der Waals surface area contributed by atoms with Crippen molar-refractivity contribution in [1.29, 1.82) is 0 Å². The zero-order chi connectivity index (χ0) is 19.1. The van der Waals surface area contributed by atoms with Gasteiger partial charge in [0.15, 0.2) is 0 Å². The largest absolute Gasteiger partial charge is 0.358 e. The maximum absolute atomic E-state index is 12.9. The molecule has 27 heavy (non-hydrogen) atoms. The van der Waals surface area contributed by atoms with Crippen LogP contribution >= 0.6 is 0 Å². The van der Waals surface area contributed by atoms with Crippen molar-refractivity contribution >= 4 is 22.7 Å². The molecule has 1 aliphatic carbocycles. The fourth-order valence-electron chi connectivity index (χ4n) is 3.80. The highest BCUT2D eigenvalue weighted by molar-refractivity contribution is 5.99. The summed E-state index contributed by atoms with van der Waals surface area (Å²) in [6.45, 7) is 8.86. The van der Waals surface area contributed by atoms with Gasteiger partial charge in [-0.25, -0.2) is 0 Å². The van der Waals surface area contributed by atoms with E-state index >= 15 is 0 Å². The van der Waals surface area contributed by atoms with E-state index in [1.54, 1.807) is 0 Å². The second-order valence-electron chi connectivity index (χ2n) is 7.92. The van der Waals surface area contributed by atoms with Crippen molar-refractivity contribution in [3.05, 3.63) is 35.0 Å². The molecule has 2 aliphatic rings. The second-order valence-corrected chi connectivity index (χ2v) is 7.92. The molecule has 1 aliphatic heterocycles. The van der Waals surface area contributed by atoms with Crippen molar-refractivity contribution in [2.45, 2.75) is 45.7 Å². The minimum atomic E-state index is -0.135. The van der Waals surface area contributed by atoms with Gasteiger partial charge in [0.2, 0.25) is 5.91 Å². The molecule has 2 fully saturated rings. The fraction of sp³-hybridized carbons (Fsp3) is 0.524. The molecule has 0 spiro atoms. The van der Waals surface area contributed by atoms with Crippen LogP contribution in [-0.2, 0) is 4.79 Å². The van der Waals surface area contributed by atoms with Gasteiger partial charge in [-0.1, -0.05) is 0 Å². The molecule has 6 heteroatoms. The Morgan fingerprint density at radius 3 is 2.52 bits per heavy atom. The number of amides is 2. The maximum Gasteiger partial charge on any atom is 0.253 e. The Morgan fingerprint density at radius 2 is 1.85 bits per heavy atom. The Hall–Kier alpha value is -2.34. The molecule has 4 rings (SSSR count). The summed E-state index contributed by atoms with van der Waals surface area (Å²) in [6, 6.07) is 6.14. The zero-order valence-electron chi connectivity index (χ0n) is 16.3. The molecule has 144 valence electrons. The van der Waals surface area contributed by atoms with Gasteiger partial charge >= 0.3 is 0 Å². The molecule has 1 aromatic heterocycles. The van der Waals surface area contributed by atoms with Crippen molar-refractivity contribution in [2.24, 2.45) is 0 Å². The molecule has 1 unspecified atom stereocenters. The van der Waals surface area contributed by atoms with Crippen LogP contribution in [0.4, 0.5) is 0 Å². The van der Waals surface area contributed by atoms with Gasteiger partial charge in [0.25, 0.3) is 5.91 Å². The van der Waals surface area contributed by atoms with Crippen LogP contribution in [0.5, 0.6) is 0 Å². The van der Waals surface area contributed by atoms with Crippen LogP contribution in [-0.4, -0.2) is 64.9 Å². The van der Waals surface area contributed by atoms with Crippen molar-refractivity contribution in [3.63, 3.8) is 0 Å². The van der Waals surface area contributed by atoms with Crippen LogP contribution in [0.1, 0.15) is 41.4 Å². The van der Waals surface area contributed by atoms with E-state index in [1.807, 2.05) is 30.0 Å². The third-order valence-corrected chi connectivity index (χ3v) is 6.01. The number of carbonyl (C=O) groups is 2. The smallest absolute Gasteiger partial charge is 0.253 e. The summed E-state index contributed by atoms with van der Waals surface area (Å²) in [5, 5.41) is 4.18. The summed E-state index contributed by atoms with van der Waals surface area (Å²) in [7, 11) is 0. The summed E-state index contributed by atoms with van der Waals surface area (Å²) >= 11 is 0. The summed E-state index contributed by atoms with van der Waals surface area (Å²) in [6.07, 6.45) is 2.20. The van der Waals surface area contributed by atoms with Gasteiger partial charge in [0, 0.05) is 54.4 Å². The number of aromatic amines is 1. The lowest BCUT2D eigenvalue weighted by Gasteiger charge is -2.37. The van der Waals surface area contributed by atoms with Gasteiger partial charge in [-0.3, -0.25) is 14.5 Å². The predicted molar refractivity (Wildman–Crippen MR) is 106 cm³/mol. The Bertz CT molecular complexity index is 876. The minimum absolute atomic E-state index is 0.0740. The topological polar surface area (TPSA) is 68.4 Å². The molecule has 1 aromatic carbocycles. The first-order valence-electron chi connectivity index (χ1n) is 9.86. The number of rotatable bonds is 4. The number of fused-ring (bicyclic) bond motifs is 1. The van der Waals surface area contributed by atoms with Gasteiger partial charge in [0.1, 0.15) is 0 Å². The molecular weight excluding hydrogens is 340 g/mol. The zero-order valence-corrected chi connectivity index (χ0v) is 16.3. The number of hydrogen-bond acceptors (Lipinski definition) is 3. The minimum Gasteiger partial charge on any atom is -0.358 e. The number of carbonyl (C=O) groups excluding carboxylic acids is 2. The Morgan fingerprint density at radius 1 is 1.15 bits per heavy atom. The molecule has 2 heterocycles. The van der Waals surface area contributed by atoms with Gasteiger partial charge in [-0.2, -0.15) is 0 Å². The molecule has 2 aromatic rings. The first kappa shape index (κ1) is 18.0. The maximum atomic E-state index is 12.9. The van der Waals surface area contributed by atoms with E-state index in [0.717, 1.165) is 48.1 Å². The van der Waals surface area contributed by atoms with Crippen molar-refractivity contribution in [2.75, 3.05) is 26.2 Å². The van der Waals surface area contributed by atoms with Gasteiger partial charge in [-0.05, 0) is 57.4 Å². The number of piperazine rings is 1. The van der Waals surface area contributed by atoms with E-state index in [0.29, 0.717) is 19.1 Å². The van der Waals surface area contributed by atoms with E-state index in [9.17, 15) is 9.59 Å². The van der Waals surface area contributed by atoms with Gasteiger partial charge < -0.3 is 15.2 Å². The van der Waals surface area contributed by atoms with Crippen LogP contribution < -0.4 is 5.32 Å². The number of nitrogens with zero attached hydrogens (tertiary/aromatic N) is 2. The van der Waals surface area contributed by atoms with Crippen LogP contribution in [0.3, 0.4) is 0 Å². The standard InChI is InChI=1S/C21H28N4O2/c1-13-14(2)22-19-7-4-16(12-18(13)19)21(27)25-10-8-24(9-11-25)15(3)20(26)23-17-5-6-17/h4,7,12,15,17,22H,5-6,8-11H2,1-3H3,(H,23,26). The van der Waals surface area contributed by atoms with E-state index < -0.39 is 0 Å². The molecule has 0 radical (unpaired) electrons. The highest BCUT2D eigenvalue weighted by Crippen LogP contribution is 2.23. The number of benzene rings is 1. The van der Waals surface area contributed by atoms with Crippen molar-refractivity contribution < 1.29 is 9.59 Å². The normalized spacial score (nSPS) is 19.3. The SMILES string of the molecule is Cc1[nH]c2ccc(C(=O)N3CCN(C(C)C(=O)NC4CC4)CC3)cc2c1C. The molecule has 2 N–H and O–H groups in total. The molecular formula is C21H28N4O2. The third-order valence-electron chi connectivity index (χ3n) is 6.01. The summed E-state index contributed by atoms with van der Waals surface area (Å²) in [5.74, 6) is 0.186. The Labute approximate surface area is 159 Å². The molecule has 6 nitrogen and oxygen atoms in total. The van der Waals surface area contributed by atoms with Gasteiger partial charge in [-0.15, -0.1) is 0 Å². The fourth-order valence-corrected chi connectivity index (χ4v) is 3.80. The number of H-pyrrole nitrogens is 1. The van der Waals surface area contributed by atoms with Crippen molar-refractivity contribution in [3.8, 4) is 0 Å². The Kier molecular flexibility index (Phi) is 4.68. The number of nitrogens with one attached hydrogen (secondary N) is 2. The predicted octanol–water partition coefficient (Wildman–Crippen LogP) is 2.21. The lowest BCUT2D eigenvalue weighted by molar-refractivity contribution is -0.126. The first-order valence-corrected chi connectivity index (χ1v) is 9.86. The van der Waals surface area contributed by atoms with Gasteiger partial charge in [0.05, 0.1) is 6.04 Å². The van der Waals surface area contributed by atoms with Crippen LogP contribution in [0.15, 0.2) is 18.2 Å². The number of aryl methyl sites for hydroxylation is 2. The molecule has 0 bridgehead atoms. The lowest BCUT2D eigenvalue weighted by Crippen LogP contribution is -2.55. The monoisotopic (exact) mass is 368 g/mol. The number of aromatic nitrogens is 1. The van der Waals surface area contributed by atoms with E-state index in [4.69, 9.17) is 0 Å². The van der Waals surface area contributed by atoms with E-state index in [1.165, 1.54) is 5.56 Å². The third kappa shape index (κ3) is 3.58. The second kappa shape index (κ2) is 7.00. The van der Waals surface area contributed by atoms with Crippen LogP contribution in [0.25, 0.3) is 10.9 Å². The molecule has 1 atom stereocenters. The van der Waals surface area contributed by atoms with Crippen LogP contribution in [0, 0.1) is 13.8 Å². The Balaban J connectivity index is 1.39. The molecule has 1 saturated heterocycles. The molecule has 1 saturated carbocycles. The van der Waals surface area contributed by atoms with E-state index in [2.05, 4.69) is 29.0 Å². The quantitative estimate of drug-likeness (QED) is 0.869. The highest BCUT2D eigenvalue weighted by Gasteiger charge is 2.31. The summed E-state index contributed by atoms with van der Waals surface area (Å²) in [4.78, 5) is 32.6. The highest BCUT2D eigenvalue weighted by atomic mass is 16.2. The lowest BCUT2D eigenvalue weighted by atomic mass is 10.1. The first-order chi connectivity index (χ1) is 12.9.